The average molecular weight is 214 g/mol. The molecule has 1 heterocycles. The van der Waals surface area contributed by atoms with Gasteiger partial charge in [-0.05, 0) is 17.7 Å². The van der Waals surface area contributed by atoms with Gasteiger partial charge in [-0.3, -0.25) is 0 Å². The van der Waals surface area contributed by atoms with E-state index in [0.717, 1.165) is 23.4 Å². The third kappa shape index (κ3) is 1.32. The Morgan fingerprint density at radius 3 is 2.77 bits per heavy atom. The van der Waals surface area contributed by atoms with Crippen LogP contribution < -0.4 is 4.90 Å². The van der Waals surface area contributed by atoms with Gasteiger partial charge >= 0.3 is 0 Å². The van der Waals surface area contributed by atoms with Crippen molar-refractivity contribution in [2.24, 2.45) is 0 Å². The number of likely N-dealkylation sites (N-methyl/N-ethyl adjacent to an activating group) is 1. The Balaban J connectivity index is 2.64. The highest BCUT2D eigenvalue weighted by Gasteiger charge is 2.22. The zero-order chi connectivity index (χ0) is 9.59. The number of nitrogens with zero attached hydrogens (tertiary/aromatic N) is 1. The molecule has 2 rings (SSSR count). The molecule has 0 spiro atoms. The standard InChI is InChI=1S/C10H9Cl2N/c1-6-3-7-4-8(11)5-9(12)10(7)13(6)2/h4-5H,1,3H2,2H3. The predicted molar refractivity (Wildman–Crippen MR) is 57.7 cm³/mol. The summed E-state index contributed by atoms with van der Waals surface area (Å²) in [5, 5.41) is 1.38. The number of rotatable bonds is 0. The van der Waals surface area contributed by atoms with Gasteiger partial charge in [-0.25, -0.2) is 0 Å². The van der Waals surface area contributed by atoms with E-state index in [9.17, 15) is 0 Å². The van der Waals surface area contributed by atoms with Crippen molar-refractivity contribution in [2.75, 3.05) is 11.9 Å². The molecule has 0 saturated heterocycles. The van der Waals surface area contributed by atoms with Crippen LogP contribution in [0.5, 0.6) is 0 Å². The molecule has 0 radical (unpaired) electrons. The summed E-state index contributed by atoms with van der Waals surface area (Å²) in [6.45, 7) is 3.94. The Morgan fingerprint density at radius 2 is 2.08 bits per heavy atom. The molecule has 1 aliphatic rings. The van der Waals surface area contributed by atoms with Gasteiger partial charge in [0.1, 0.15) is 0 Å². The molecule has 68 valence electrons. The average Bonchev–Trinajstić information content (AvgIpc) is 2.27. The predicted octanol–water partition coefficient (Wildman–Crippen LogP) is 3.50. The number of halogens is 2. The largest absolute Gasteiger partial charge is 0.347 e. The van der Waals surface area contributed by atoms with E-state index in [0.29, 0.717) is 10.0 Å². The van der Waals surface area contributed by atoms with E-state index in [1.165, 1.54) is 0 Å². The van der Waals surface area contributed by atoms with Gasteiger partial charge in [-0.15, -0.1) is 0 Å². The second kappa shape index (κ2) is 2.93. The molecule has 0 amide bonds. The second-order valence-corrected chi connectivity index (χ2v) is 4.04. The molecule has 0 N–H and O–H groups in total. The van der Waals surface area contributed by atoms with Crippen molar-refractivity contribution >= 4 is 28.9 Å². The fourth-order valence-electron chi connectivity index (χ4n) is 1.63. The first-order valence-electron chi connectivity index (χ1n) is 3.99. The number of hydrogen-bond acceptors (Lipinski definition) is 1. The van der Waals surface area contributed by atoms with Crippen LogP contribution in [0, 0.1) is 0 Å². The Hall–Kier alpha value is -0.660. The molecule has 0 aliphatic carbocycles. The summed E-state index contributed by atoms with van der Waals surface area (Å²) in [5.41, 5.74) is 3.25. The molecular formula is C10H9Cl2N. The van der Waals surface area contributed by atoms with Crippen LogP contribution in [0.4, 0.5) is 5.69 Å². The molecule has 1 aromatic rings. The lowest BCUT2D eigenvalue weighted by atomic mass is 10.1. The monoisotopic (exact) mass is 213 g/mol. The Labute approximate surface area is 87.6 Å². The molecule has 13 heavy (non-hydrogen) atoms. The van der Waals surface area contributed by atoms with Gasteiger partial charge in [0.25, 0.3) is 0 Å². The normalized spacial score (nSPS) is 15.0. The quantitative estimate of drug-likeness (QED) is 0.638. The fourth-order valence-corrected chi connectivity index (χ4v) is 2.29. The van der Waals surface area contributed by atoms with Crippen molar-refractivity contribution in [1.29, 1.82) is 0 Å². The summed E-state index contributed by atoms with van der Waals surface area (Å²) in [4.78, 5) is 2.01. The van der Waals surface area contributed by atoms with Crippen molar-refractivity contribution in [2.45, 2.75) is 6.42 Å². The lowest BCUT2D eigenvalue weighted by Crippen LogP contribution is -2.09. The van der Waals surface area contributed by atoms with Crippen molar-refractivity contribution in [1.82, 2.24) is 0 Å². The molecule has 0 bridgehead atoms. The lowest BCUT2D eigenvalue weighted by molar-refractivity contribution is 1.11. The van der Waals surface area contributed by atoms with Crippen LogP contribution >= 0.6 is 23.2 Å². The van der Waals surface area contributed by atoms with Gasteiger partial charge < -0.3 is 4.90 Å². The molecule has 1 aromatic carbocycles. The molecule has 1 aliphatic heterocycles. The molecule has 0 fully saturated rings. The third-order valence-corrected chi connectivity index (χ3v) is 2.82. The van der Waals surface area contributed by atoms with E-state index in [1.807, 2.05) is 18.0 Å². The zero-order valence-corrected chi connectivity index (χ0v) is 8.78. The Morgan fingerprint density at radius 1 is 1.38 bits per heavy atom. The summed E-state index contributed by atoms with van der Waals surface area (Å²) >= 11 is 12.0. The SMILES string of the molecule is C=C1Cc2cc(Cl)cc(Cl)c2N1C. The highest BCUT2D eigenvalue weighted by Crippen LogP contribution is 2.40. The maximum Gasteiger partial charge on any atom is 0.0660 e. The van der Waals surface area contributed by atoms with Crippen molar-refractivity contribution < 1.29 is 0 Å². The highest BCUT2D eigenvalue weighted by molar-refractivity contribution is 6.36. The number of fused-ring (bicyclic) bond motifs is 1. The van der Waals surface area contributed by atoms with Crippen molar-refractivity contribution in [3.8, 4) is 0 Å². The summed E-state index contributed by atoms with van der Waals surface area (Å²) in [6.07, 6.45) is 0.839. The van der Waals surface area contributed by atoms with E-state index in [1.54, 1.807) is 6.07 Å². The van der Waals surface area contributed by atoms with E-state index in [4.69, 9.17) is 23.2 Å². The Kier molecular flexibility index (Phi) is 2.01. The van der Waals surface area contributed by atoms with Gasteiger partial charge in [0.2, 0.25) is 0 Å². The minimum Gasteiger partial charge on any atom is -0.347 e. The van der Waals surface area contributed by atoms with Gasteiger partial charge in [-0.1, -0.05) is 29.8 Å². The van der Waals surface area contributed by atoms with E-state index in [-0.39, 0.29) is 0 Å². The van der Waals surface area contributed by atoms with Crippen LogP contribution in [0.25, 0.3) is 0 Å². The van der Waals surface area contributed by atoms with Crippen LogP contribution in [-0.2, 0) is 6.42 Å². The van der Waals surface area contributed by atoms with Gasteiger partial charge in [0, 0.05) is 24.2 Å². The van der Waals surface area contributed by atoms with Gasteiger partial charge in [0.15, 0.2) is 0 Å². The number of anilines is 1. The number of benzene rings is 1. The number of hydrogen-bond donors (Lipinski definition) is 0. The smallest absolute Gasteiger partial charge is 0.0660 e. The fraction of sp³-hybridized carbons (Fsp3) is 0.200. The molecule has 1 nitrogen and oxygen atoms in total. The van der Waals surface area contributed by atoms with E-state index >= 15 is 0 Å². The first-order valence-corrected chi connectivity index (χ1v) is 4.74. The molecular weight excluding hydrogens is 205 g/mol. The van der Waals surface area contributed by atoms with Crippen molar-refractivity contribution in [3.63, 3.8) is 0 Å². The molecule has 0 atom stereocenters. The van der Waals surface area contributed by atoms with Crippen LogP contribution in [-0.4, -0.2) is 7.05 Å². The third-order valence-electron chi connectivity index (χ3n) is 2.31. The minimum absolute atomic E-state index is 0.687. The Bertz CT molecular complexity index is 385. The maximum absolute atomic E-state index is 6.07. The molecule has 0 aromatic heterocycles. The molecule has 3 heteroatoms. The maximum atomic E-state index is 6.07. The second-order valence-electron chi connectivity index (χ2n) is 3.20. The highest BCUT2D eigenvalue weighted by atomic mass is 35.5. The zero-order valence-electron chi connectivity index (χ0n) is 7.27. The van der Waals surface area contributed by atoms with Crippen LogP contribution in [0.1, 0.15) is 5.56 Å². The first-order chi connectivity index (χ1) is 6.09. The summed E-state index contributed by atoms with van der Waals surface area (Å²) < 4.78 is 0. The topological polar surface area (TPSA) is 3.24 Å². The summed E-state index contributed by atoms with van der Waals surface area (Å²) in [7, 11) is 1.97. The molecule has 0 unspecified atom stereocenters. The van der Waals surface area contributed by atoms with Crippen LogP contribution in [0.3, 0.4) is 0 Å². The summed E-state index contributed by atoms with van der Waals surface area (Å²) in [5.74, 6) is 0. The van der Waals surface area contributed by atoms with Gasteiger partial charge in [0.05, 0.1) is 10.7 Å². The van der Waals surface area contributed by atoms with E-state index in [2.05, 4.69) is 6.58 Å². The van der Waals surface area contributed by atoms with E-state index < -0.39 is 0 Å². The number of allylic oxidation sites excluding steroid dienone is 1. The summed E-state index contributed by atoms with van der Waals surface area (Å²) in [6, 6.07) is 3.70. The van der Waals surface area contributed by atoms with Crippen molar-refractivity contribution in [3.05, 3.63) is 40.0 Å². The lowest BCUT2D eigenvalue weighted by Gasteiger charge is -2.14. The minimum atomic E-state index is 0.687. The molecule has 0 saturated carbocycles. The van der Waals surface area contributed by atoms with Crippen LogP contribution in [0.2, 0.25) is 10.0 Å². The van der Waals surface area contributed by atoms with Crippen LogP contribution in [0.15, 0.2) is 24.4 Å². The first kappa shape index (κ1) is 8.92. The van der Waals surface area contributed by atoms with Gasteiger partial charge in [-0.2, -0.15) is 0 Å².